The molecule has 1 saturated heterocycles. The van der Waals surface area contributed by atoms with Gasteiger partial charge in [0.2, 0.25) is 0 Å². The van der Waals surface area contributed by atoms with Gasteiger partial charge in [0.1, 0.15) is 0 Å². The quantitative estimate of drug-likeness (QED) is 0.738. The fraction of sp³-hybridized carbons (Fsp3) is 0.545. The van der Waals surface area contributed by atoms with Gasteiger partial charge in [-0.15, -0.1) is 5.10 Å². The minimum atomic E-state index is 0.616. The van der Waals surface area contributed by atoms with Crippen molar-refractivity contribution in [2.24, 2.45) is 0 Å². The molecule has 0 spiro atoms. The van der Waals surface area contributed by atoms with Gasteiger partial charge in [-0.05, 0) is 12.1 Å². The van der Waals surface area contributed by atoms with Crippen molar-refractivity contribution in [2.75, 3.05) is 37.6 Å². The number of nitrogens with zero attached hydrogens (tertiary/aromatic N) is 5. The highest BCUT2D eigenvalue weighted by molar-refractivity contribution is 5.36. The molecule has 0 saturated carbocycles. The molecule has 84 valence electrons. The average Bonchev–Trinajstić information content (AvgIpc) is 2.38. The summed E-state index contributed by atoms with van der Waals surface area (Å²) in [5.41, 5.74) is 0. The highest BCUT2D eigenvalue weighted by Crippen LogP contribution is 2.11. The predicted octanol–water partition coefficient (Wildman–Crippen LogP) is 0.512. The molecule has 0 N–H and O–H groups in total. The van der Waals surface area contributed by atoms with Crippen molar-refractivity contribution < 1.29 is 0 Å². The monoisotopic (exact) mass is 217 g/mol. The molecule has 0 amide bonds. The molecule has 1 fully saturated rings. The minimum Gasteiger partial charge on any atom is -0.353 e. The van der Waals surface area contributed by atoms with Gasteiger partial charge in [0.25, 0.3) is 0 Å². The predicted molar refractivity (Wildman–Crippen MR) is 60.9 cm³/mol. The van der Waals surface area contributed by atoms with Gasteiger partial charge in [0, 0.05) is 45.3 Å². The van der Waals surface area contributed by atoms with E-state index >= 15 is 0 Å². The normalized spacial score (nSPS) is 17.1. The maximum absolute atomic E-state index is 8.52. The average molecular weight is 217 g/mol. The van der Waals surface area contributed by atoms with E-state index in [9.17, 15) is 0 Å². The van der Waals surface area contributed by atoms with E-state index in [1.165, 1.54) is 0 Å². The van der Waals surface area contributed by atoms with E-state index in [2.05, 4.69) is 26.1 Å². The van der Waals surface area contributed by atoms with Gasteiger partial charge in [-0.3, -0.25) is 4.90 Å². The van der Waals surface area contributed by atoms with Crippen LogP contribution in [0.2, 0.25) is 0 Å². The Morgan fingerprint density at radius 1 is 1.31 bits per heavy atom. The van der Waals surface area contributed by atoms with Gasteiger partial charge in [0.15, 0.2) is 5.82 Å². The highest BCUT2D eigenvalue weighted by Gasteiger charge is 2.17. The van der Waals surface area contributed by atoms with Crippen LogP contribution in [0.25, 0.3) is 0 Å². The summed E-state index contributed by atoms with van der Waals surface area (Å²) in [6, 6.07) is 6.07. The molecule has 0 unspecified atom stereocenters. The fourth-order valence-electron chi connectivity index (χ4n) is 1.87. The number of rotatable bonds is 3. The summed E-state index contributed by atoms with van der Waals surface area (Å²) >= 11 is 0. The molecular formula is C11H15N5. The zero-order valence-electron chi connectivity index (χ0n) is 9.21. The molecule has 0 aromatic carbocycles. The maximum atomic E-state index is 8.52. The molecule has 0 aliphatic carbocycles. The van der Waals surface area contributed by atoms with Gasteiger partial charge in [-0.2, -0.15) is 10.4 Å². The lowest BCUT2D eigenvalue weighted by atomic mass is 10.3. The van der Waals surface area contributed by atoms with E-state index in [-0.39, 0.29) is 0 Å². The summed E-state index contributed by atoms with van der Waals surface area (Å²) in [5, 5.41) is 16.5. The zero-order chi connectivity index (χ0) is 11.2. The molecule has 0 bridgehead atoms. The Labute approximate surface area is 95.3 Å². The van der Waals surface area contributed by atoms with Crippen LogP contribution in [-0.4, -0.2) is 47.8 Å². The van der Waals surface area contributed by atoms with Crippen LogP contribution >= 0.6 is 0 Å². The lowest BCUT2D eigenvalue weighted by molar-refractivity contribution is 0.263. The van der Waals surface area contributed by atoms with Gasteiger partial charge in [-0.25, -0.2) is 0 Å². The third-order valence-corrected chi connectivity index (χ3v) is 2.79. The topological polar surface area (TPSA) is 56.1 Å². The molecule has 5 heteroatoms. The molecular weight excluding hydrogens is 202 g/mol. The second-order valence-electron chi connectivity index (χ2n) is 3.82. The highest BCUT2D eigenvalue weighted by atomic mass is 15.3. The Morgan fingerprint density at radius 2 is 2.12 bits per heavy atom. The summed E-state index contributed by atoms with van der Waals surface area (Å²) in [4.78, 5) is 4.55. The number of anilines is 1. The molecule has 1 aromatic heterocycles. The van der Waals surface area contributed by atoms with Crippen molar-refractivity contribution in [2.45, 2.75) is 6.42 Å². The summed E-state index contributed by atoms with van der Waals surface area (Å²) in [5.74, 6) is 0.947. The molecule has 5 nitrogen and oxygen atoms in total. The van der Waals surface area contributed by atoms with Crippen LogP contribution in [0, 0.1) is 11.3 Å². The van der Waals surface area contributed by atoms with Crippen LogP contribution in [0.15, 0.2) is 18.3 Å². The van der Waals surface area contributed by atoms with E-state index in [4.69, 9.17) is 5.26 Å². The van der Waals surface area contributed by atoms with Crippen molar-refractivity contribution in [3.8, 4) is 6.07 Å². The first-order valence-corrected chi connectivity index (χ1v) is 5.52. The molecule has 0 radical (unpaired) electrons. The molecule has 0 atom stereocenters. The summed E-state index contributed by atoms with van der Waals surface area (Å²) < 4.78 is 0. The van der Waals surface area contributed by atoms with E-state index in [1.807, 2.05) is 12.1 Å². The largest absolute Gasteiger partial charge is 0.353 e. The first-order chi connectivity index (χ1) is 7.90. The van der Waals surface area contributed by atoms with E-state index in [0.29, 0.717) is 6.42 Å². The lowest BCUT2D eigenvalue weighted by Crippen LogP contribution is -2.46. The van der Waals surface area contributed by atoms with Gasteiger partial charge in [-0.1, -0.05) is 0 Å². The van der Waals surface area contributed by atoms with Crippen molar-refractivity contribution in [1.29, 1.82) is 5.26 Å². The van der Waals surface area contributed by atoms with Crippen LogP contribution in [0.5, 0.6) is 0 Å². The van der Waals surface area contributed by atoms with Crippen molar-refractivity contribution >= 4 is 5.82 Å². The molecule has 1 aliphatic rings. The summed E-state index contributed by atoms with van der Waals surface area (Å²) in [6.45, 7) is 4.80. The second-order valence-corrected chi connectivity index (χ2v) is 3.82. The zero-order valence-corrected chi connectivity index (χ0v) is 9.21. The molecule has 1 aliphatic heterocycles. The Kier molecular flexibility index (Phi) is 3.67. The van der Waals surface area contributed by atoms with E-state index in [0.717, 1.165) is 38.5 Å². The maximum Gasteiger partial charge on any atom is 0.151 e. The Bertz CT molecular complexity index is 350. The lowest BCUT2D eigenvalue weighted by Gasteiger charge is -2.34. The van der Waals surface area contributed by atoms with Crippen LogP contribution in [-0.2, 0) is 0 Å². The first kappa shape index (κ1) is 10.8. The minimum absolute atomic E-state index is 0.616. The number of aromatic nitrogens is 2. The Hall–Kier alpha value is -1.67. The van der Waals surface area contributed by atoms with Crippen molar-refractivity contribution in [3.63, 3.8) is 0 Å². The molecule has 1 aromatic rings. The van der Waals surface area contributed by atoms with Crippen LogP contribution in [0.3, 0.4) is 0 Å². The Balaban J connectivity index is 1.84. The van der Waals surface area contributed by atoms with Crippen LogP contribution in [0.4, 0.5) is 5.82 Å². The third kappa shape index (κ3) is 2.67. The van der Waals surface area contributed by atoms with Crippen molar-refractivity contribution in [3.05, 3.63) is 18.3 Å². The summed E-state index contributed by atoms with van der Waals surface area (Å²) in [7, 11) is 0. The SMILES string of the molecule is N#CCCN1CCN(c2cccnn2)CC1. The molecule has 2 rings (SSSR count). The molecule has 16 heavy (non-hydrogen) atoms. The molecule has 2 heterocycles. The van der Waals surface area contributed by atoms with Crippen LogP contribution in [0.1, 0.15) is 6.42 Å². The second kappa shape index (κ2) is 5.42. The number of hydrogen-bond donors (Lipinski definition) is 0. The summed E-state index contributed by atoms with van der Waals surface area (Å²) in [6.07, 6.45) is 2.30. The third-order valence-electron chi connectivity index (χ3n) is 2.79. The first-order valence-electron chi connectivity index (χ1n) is 5.52. The Morgan fingerprint density at radius 3 is 2.75 bits per heavy atom. The standard InChI is InChI=1S/C11H15N5/c12-4-2-6-15-7-9-16(10-8-15)11-3-1-5-13-14-11/h1,3,5H,2,6-10H2. The van der Waals surface area contributed by atoms with Gasteiger partial charge >= 0.3 is 0 Å². The smallest absolute Gasteiger partial charge is 0.151 e. The number of hydrogen-bond acceptors (Lipinski definition) is 5. The van der Waals surface area contributed by atoms with E-state index in [1.54, 1.807) is 6.20 Å². The fourth-order valence-corrected chi connectivity index (χ4v) is 1.87. The van der Waals surface area contributed by atoms with Crippen LogP contribution < -0.4 is 4.90 Å². The van der Waals surface area contributed by atoms with E-state index < -0.39 is 0 Å². The van der Waals surface area contributed by atoms with Gasteiger partial charge in [0.05, 0.1) is 6.07 Å². The number of nitriles is 1. The van der Waals surface area contributed by atoms with Gasteiger partial charge < -0.3 is 4.90 Å². The number of piperazine rings is 1. The van der Waals surface area contributed by atoms with Crippen molar-refractivity contribution in [1.82, 2.24) is 15.1 Å².